The second-order valence-electron chi connectivity index (χ2n) is 6.79. The number of rotatable bonds is 8. The van der Waals surface area contributed by atoms with Crippen molar-refractivity contribution >= 4 is 44.7 Å². The van der Waals surface area contributed by atoms with Gasteiger partial charge in [-0.25, -0.2) is 9.78 Å². The highest BCUT2D eigenvalue weighted by molar-refractivity contribution is 7.17. The summed E-state index contributed by atoms with van der Waals surface area (Å²) in [7, 11) is 0. The number of nitrogens with zero attached hydrogens (tertiary/aromatic N) is 2. The number of esters is 1. The minimum Gasteiger partial charge on any atom is -0.489 e. The van der Waals surface area contributed by atoms with Crippen molar-refractivity contribution in [1.82, 2.24) is 9.97 Å². The molecule has 0 amide bonds. The highest BCUT2D eigenvalue weighted by atomic mass is 35.5. The van der Waals surface area contributed by atoms with Crippen molar-refractivity contribution in [1.29, 1.82) is 0 Å². The average molecular weight is 470 g/mol. The van der Waals surface area contributed by atoms with Gasteiger partial charge in [0.1, 0.15) is 17.5 Å². The minimum atomic E-state index is -0.875. The lowest BCUT2D eigenvalue weighted by molar-refractivity contribution is 0.0528. The summed E-state index contributed by atoms with van der Waals surface area (Å²) in [5.74, 6) is 0.185. The smallest absolute Gasteiger partial charge is 0.341 e. The molecule has 0 saturated heterocycles. The molecule has 0 radical (unpaired) electrons. The fourth-order valence-corrected chi connectivity index (χ4v) is 4.52. The van der Waals surface area contributed by atoms with Crippen molar-refractivity contribution < 1.29 is 19.4 Å². The summed E-state index contributed by atoms with van der Waals surface area (Å²) in [5, 5.41) is 16.3. The molecule has 0 aliphatic rings. The number of ether oxygens (including phenoxy) is 2. The van der Waals surface area contributed by atoms with Crippen molar-refractivity contribution in [3.8, 4) is 5.75 Å². The standard InChI is InChI=1S/C23H20ClN3O4S/c1-2-30-23(29)18-11-26-21(24)19-15(13-32-20(18)19)12-31-17-5-3-4-16(10-17)27-22(28)14-6-8-25-9-7-14/h3-11,13,22,27-28H,2,12H2,1H3. The number of hydrogen-bond donors (Lipinski definition) is 2. The molecule has 7 nitrogen and oxygen atoms in total. The van der Waals surface area contributed by atoms with Crippen molar-refractivity contribution in [3.63, 3.8) is 0 Å². The fraction of sp³-hybridized carbons (Fsp3) is 0.174. The molecule has 0 bridgehead atoms. The van der Waals surface area contributed by atoms with E-state index >= 15 is 0 Å². The third-order valence-electron chi connectivity index (χ3n) is 4.67. The van der Waals surface area contributed by atoms with E-state index in [1.807, 2.05) is 23.6 Å². The summed E-state index contributed by atoms with van der Waals surface area (Å²) in [5.41, 5.74) is 2.62. The second kappa shape index (κ2) is 9.95. The molecule has 1 aromatic carbocycles. The van der Waals surface area contributed by atoms with E-state index in [9.17, 15) is 9.90 Å². The average Bonchev–Trinajstić information content (AvgIpc) is 3.24. The Morgan fingerprint density at radius 1 is 1.28 bits per heavy atom. The molecular weight excluding hydrogens is 450 g/mol. The quantitative estimate of drug-likeness (QED) is 0.208. The summed E-state index contributed by atoms with van der Waals surface area (Å²) >= 11 is 7.72. The zero-order valence-corrected chi connectivity index (χ0v) is 18.7. The van der Waals surface area contributed by atoms with Crippen LogP contribution in [0.1, 0.15) is 34.6 Å². The van der Waals surface area contributed by atoms with Crippen molar-refractivity contribution in [2.45, 2.75) is 19.8 Å². The van der Waals surface area contributed by atoms with Crippen LogP contribution in [0, 0.1) is 0 Å². The van der Waals surface area contributed by atoms with E-state index in [0.29, 0.717) is 33.1 Å². The molecule has 9 heteroatoms. The zero-order chi connectivity index (χ0) is 22.5. The number of pyridine rings is 2. The summed E-state index contributed by atoms with van der Waals surface area (Å²) in [6, 6.07) is 10.8. The van der Waals surface area contributed by atoms with E-state index in [1.54, 1.807) is 37.5 Å². The van der Waals surface area contributed by atoms with E-state index in [1.165, 1.54) is 17.5 Å². The van der Waals surface area contributed by atoms with Crippen molar-refractivity contribution in [2.24, 2.45) is 0 Å². The number of carbonyl (C=O) groups is 1. The normalized spacial score (nSPS) is 11.8. The number of fused-ring (bicyclic) bond motifs is 1. The number of hydrogen-bond acceptors (Lipinski definition) is 8. The Morgan fingerprint density at radius 3 is 2.88 bits per heavy atom. The topological polar surface area (TPSA) is 93.6 Å². The predicted octanol–water partition coefficient (Wildman–Crippen LogP) is 5.20. The summed E-state index contributed by atoms with van der Waals surface area (Å²) in [6.07, 6.45) is 3.81. The first-order chi connectivity index (χ1) is 15.6. The van der Waals surface area contributed by atoms with Crippen LogP contribution in [0.15, 0.2) is 60.4 Å². The Balaban J connectivity index is 1.50. The molecule has 1 atom stereocenters. The van der Waals surface area contributed by atoms with Gasteiger partial charge in [0.05, 0.1) is 16.9 Å². The molecule has 0 aliphatic heterocycles. The van der Waals surface area contributed by atoms with Crippen LogP contribution in [0.3, 0.4) is 0 Å². The molecule has 0 spiro atoms. The number of aliphatic hydroxyl groups is 1. The number of halogens is 1. The van der Waals surface area contributed by atoms with E-state index < -0.39 is 12.2 Å². The number of thiophene rings is 1. The molecule has 3 aromatic heterocycles. The molecule has 4 rings (SSSR count). The van der Waals surface area contributed by atoms with Crippen LogP contribution >= 0.6 is 22.9 Å². The highest BCUT2D eigenvalue weighted by Gasteiger charge is 2.19. The number of nitrogens with one attached hydrogen (secondary N) is 1. The van der Waals surface area contributed by atoms with Crippen LogP contribution in [0.5, 0.6) is 5.75 Å². The molecule has 32 heavy (non-hydrogen) atoms. The van der Waals surface area contributed by atoms with E-state index in [4.69, 9.17) is 21.1 Å². The van der Waals surface area contributed by atoms with E-state index in [2.05, 4.69) is 15.3 Å². The maximum absolute atomic E-state index is 12.2. The minimum absolute atomic E-state index is 0.240. The summed E-state index contributed by atoms with van der Waals surface area (Å²) in [6.45, 7) is 2.28. The van der Waals surface area contributed by atoms with Crippen molar-refractivity contribution in [2.75, 3.05) is 11.9 Å². The maximum Gasteiger partial charge on any atom is 0.341 e. The third kappa shape index (κ3) is 4.83. The van der Waals surface area contributed by atoms with Crippen LogP contribution in [0.25, 0.3) is 10.1 Å². The number of anilines is 1. The second-order valence-corrected chi connectivity index (χ2v) is 8.03. The van der Waals surface area contributed by atoms with Crippen LogP contribution in [0.2, 0.25) is 5.15 Å². The summed E-state index contributed by atoms with van der Waals surface area (Å²) < 4.78 is 11.8. The third-order valence-corrected chi connectivity index (χ3v) is 6.02. The van der Waals surface area contributed by atoms with Gasteiger partial charge in [0.15, 0.2) is 6.23 Å². The molecule has 164 valence electrons. The number of aliphatic hydroxyl groups excluding tert-OH is 1. The van der Waals surface area contributed by atoms with Gasteiger partial charge in [-0.3, -0.25) is 4.98 Å². The first-order valence-corrected chi connectivity index (χ1v) is 11.1. The Kier molecular flexibility index (Phi) is 6.84. The molecule has 0 saturated carbocycles. The van der Waals surface area contributed by atoms with Gasteiger partial charge >= 0.3 is 5.97 Å². The molecule has 0 aliphatic carbocycles. The molecule has 0 fully saturated rings. The Labute approximate surface area is 193 Å². The first kappa shape index (κ1) is 22.0. The van der Waals surface area contributed by atoms with Crippen LogP contribution < -0.4 is 10.1 Å². The van der Waals surface area contributed by atoms with Crippen LogP contribution in [-0.4, -0.2) is 27.7 Å². The Morgan fingerprint density at radius 2 is 2.09 bits per heavy atom. The van der Waals surface area contributed by atoms with Crippen molar-refractivity contribution in [3.05, 3.63) is 82.2 Å². The SMILES string of the molecule is CCOC(=O)c1cnc(Cl)c2c(COc3cccc(NC(O)c4ccncc4)c3)csc12. The first-order valence-electron chi connectivity index (χ1n) is 9.86. The van der Waals surface area contributed by atoms with Gasteiger partial charge in [-0.2, -0.15) is 0 Å². The Bertz CT molecular complexity index is 1230. The van der Waals surface area contributed by atoms with Gasteiger partial charge in [0.2, 0.25) is 0 Å². The molecular formula is C23H20ClN3O4S. The molecule has 1 unspecified atom stereocenters. The fourth-order valence-electron chi connectivity index (χ4n) is 3.15. The summed E-state index contributed by atoms with van der Waals surface area (Å²) in [4.78, 5) is 20.3. The van der Waals surface area contributed by atoms with Crippen LogP contribution in [0.4, 0.5) is 5.69 Å². The van der Waals surface area contributed by atoms with Gasteiger partial charge in [0, 0.05) is 46.9 Å². The van der Waals surface area contributed by atoms with Gasteiger partial charge < -0.3 is 19.9 Å². The van der Waals surface area contributed by atoms with Crippen LogP contribution in [-0.2, 0) is 11.3 Å². The lowest BCUT2D eigenvalue weighted by atomic mass is 10.2. The number of carbonyl (C=O) groups excluding carboxylic acids is 1. The maximum atomic E-state index is 12.2. The van der Waals surface area contributed by atoms with E-state index in [0.717, 1.165) is 10.3 Å². The number of benzene rings is 1. The van der Waals surface area contributed by atoms with Gasteiger partial charge in [-0.1, -0.05) is 17.7 Å². The monoisotopic (exact) mass is 469 g/mol. The van der Waals surface area contributed by atoms with Gasteiger partial charge in [-0.15, -0.1) is 11.3 Å². The van der Waals surface area contributed by atoms with Gasteiger partial charge in [-0.05, 0) is 36.6 Å². The highest BCUT2D eigenvalue weighted by Crippen LogP contribution is 2.34. The largest absolute Gasteiger partial charge is 0.489 e. The zero-order valence-electron chi connectivity index (χ0n) is 17.1. The lowest BCUT2D eigenvalue weighted by Crippen LogP contribution is -2.09. The molecule has 3 heterocycles. The molecule has 4 aromatic rings. The van der Waals surface area contributed by atoms with E-state index in [-0.39, 0.29) is 13.2 Å². The predicted molar refractivity (Wildman–Crippen MR) is 124 cm³/mol. The molecule has 2 N–H and O–H groups in total. The van der Waals surface area contributed by atoms with Gasteiger partial charge in [0.25, 0.3) is 0 Å². The lowest BCUT2D eigenvalue weighted by Gasteiger charge is -2.15. The number of aromatic nitrogens is 2. The Hall–Kier alpha value is -3.20.